The third-order valence-electron chi connectivity index (χ3n) is 4.75. The molecule has 0 spiro atoms. The summed E-state index contributed by atoms with van der Waals surface area (Å²) in [5, 5.41) is 0. The lowest BCUT2D eigenvalue weighted by molar-refractivity contribution is 0.309. The molecule has 0 saturated carbocycles. The van der Waals surface area contributed by atoms with E-state index < -0.39 is 10.0 Å². The average Bonchev–Trinajstić information content (AvgIpc) is 2.72. The zero-order chi connectivity index (χ0) is 19.6. The molecule has 1 atom stereocenters. The molecule has 0 saturated heterocycles. The van der Waals surface area contributed by atoms with E-state index in [9.17, 15) is 8.42 Å². The summed E-state index contributed by atoms with van der Waals surface area (Å²) in [7, 11) is -3.74. The van der Waals surface area contributed by atoms with Gasteiger partial charge in [-0.2, -0.15) is 0 Å². The zero-order valence-electron chi connectivity index (χ0n) is 15.5. The van der Waals surface area contributed by atoms with Gasteiger partial charge in [-0.3, -0.25) is 4.31 Å². The topological polar surface area (TPSA) is 46.6 Å². The second kappa shape index (κ2) is 7.52. The predicted molar refractivity (Wildman–Crippen MR) is 110 cm³/mol. The first-order chi connectivity index (χ1) is 13.6. The number of aryl methyl sites for hydroxylation is 1. The van der Waals surface area contributed by atoms with E-state index in [1.807, 2.05) is 85.8 Å². The molecule has 1 heterocycles. The van der Waals surface area contributed by atoms with Crippen molar-refractivity contribution in [3.05, 3.63) is 108 Å². The first-order valence-electron chi connectivity index (χ1n) is 9.10. The number of hydrogen-bond acceptors (Lipinski definition) is 3. The van der Waals surface area contributed by atoms with E-state index >= 15 is 0 Å². The molecular weight excluding hydrogens is 370 g/mol. The Morgan fingerprint density at radius 2 is 1.71 bits per heavy atom. The molecule has 142 valence electrons. The number of benzene rings is 2. The minimum Gasteiger partial charge on any atom is -0.487 e. The second-order valence-corrected chi connectivity index (χ2v) is 8.54. The molecule has 0 N–H and O–H groups in total. The summed E-state index contributed by atoms with van der Waals surface area (Å²) in [5.41, 5.74) is 2.54. The Morgan fingerprint density at radius 3 is 2.46 bits per heavy atom. The van der Waals surface area contributed by atoms with Gasteiger partial charge in [0.05, 0.1) is 16.6 Å². The number of para-hydroxylation sites is 1. The van der Waals surface area contributed by atoms with Crippen LogP contribution in [0.4, 0.5) is 0 Å². The maximum Gasteiger partial charge on any atom is 0.265 e. The number of allylic oxidation sites excluding steroid dienone is 4. The molecular formula is C23H21NO3S. The molecule has 1 aliphatic heterocycles. The van der Waals surface area contributed by atoms with Gasteiger partial charge in [0.15, 0.2) is 0 Å². The van der Waals surface area contributed by atoms with E-state index in [2.05, 4.69) is 0 Å². The van der Waals surface area contributed by atoms with E-state index in [4.69, 9.17) is 4.74 Å². The fourth-order valence-corrected chi connectivity index (χ4v) is 4.89. The van der Waals surface area contributed by atoms with Gasteiger partial charge < -0.3 is 4.74 Å². The van der Waals surface area contributed by atoms with Gasteiger partial charge in [-0.15, -0.1) is 0 Å². The molecule has 0 radical (unpaired) electrons. The standard InChI is InChI=1S/C23H21NO3S/c1-18-11-15-22(16-12-18)28(25,26)24-20(17-27-21-8-3-2-4-9-21)14-13-19-7-5-6-10-23(19)24/h2-16,23H,17H2,1H3. The van der Waals surface area contributed by atoms with Crippen LogP contribution >= 0.6 is 0 Å². The van der Waals surface area contributed by atoms with Gasteiger partial charge in [-0.1, -0.05) is 66.3 Å². The van der Waals surface area contributed by atoms with Gasteiger partial charge in [0, 0.05) is 0 Å². The summed E-state index contributed by atoms with van der Waals surface area (Å²) >= 11 is 0. The van der Waals surface area contributed by atoms with Crippen LogP contribution in [-0.4, -0.2) is 25.4 Å². The van der Waals surface area contributed by atoms with Crippen molar-refractivity contribution in [2.45, 2.75) is 17.9 Å². The van der Waals surface area contributed by atoms with Gasteiger partial charge in [0.1, 0.15) is 12.4 Å². The highest BCUT2D eigenvalue weighted by atomic mass is 32.2. The maximum atomic E-state index is 13.5. The molecule has 4 rings (SSSR count). The van der Waals surface area contributed by atoms with E-state index in [-0.39, 0.29) is 17.5 Å². The Hall–Kier alpha value is -3.05. The van der Waals surface area contributed by atoms with Crippen LogP contribution in [0, 0.1) is 6.92 Å². The van der Waals surface area contributed by atoms with Crippen LogP contribution in [0.2, 0.25) is 0 Å². The van der Waals surface area contributed by atoms with Gasteiger partial charge in [0.25, 0.3) is 10.0 Å². The lowest BCUT2D eigenvalue weighted by Crippen LogP contribution is -2.42. The molecule has 0 fully saturated rings. The number of sulfonamides is 1. The van der Waals surface area contributed by atoms with Crippen LogP contribution in [-0.2, 0) is 10.0 Å². The van der Waals surface area contributed by atoms with Gasteiger partial charge >= 0.3 is 0 Å². The highest BCUT2D eigenvalue weighted by Crippen LogP contribution is 2.32. The van der Waals surface area contributed by atoms with Crippen molar-refractivity contribution >= 4 is 10.0 Å². The molecule has 0 aromatic heterocycles. The van der Waals surface area contributed by atoms with Crippen molar-refractivity contribution in [3.8, 4) is 5.75 Å². The average molecular weight is 391 g/mol. The predicted octanol–water partition coefficient (Wildman–Crippen LogP) is 4.38. The lowest BCUT2D eigenvalue weighted by atomic mass is 9.98. The third-order valence-corrected chi connectivity index (χ3v) is 6.59. The quantitative estimate of drug-likeness (QED) is 0.760. The minimum atomic E-state index is -3.74. The Balaban J connectivity index is 1.71. The maximum absolute atomic E-state index is 13.5. The van der Waals surface area contributed by atoms with Crippen LogP contribution < -0.4 is 4.74 Å². The summed E-state index contributed by atoms with van der Waals surface area (Å²) in [5.74, 6) is 0.699. The highest BCUT2D eigenvalue weighted by molar-refractivity contribution is 7.89. The lowest BCUT2D eigenvalue weighted by Gasteiger charge is -2.36. The molecule has 28 heavy (non-hydrogen) atoms. The first-order valence-corrected chi connectivity index (χ1v) is 10.5. The van der Waals surface area contributed by atoms with E-state index in [1.165, 1.54) is 4.31 Å². The van der Waals surface area contributed by atoms with Crippen molar-refractivity contribution in [3.63, 3.8) is 0 Å². The minimum absolute atomic E-state index is 0.160. The Kier molecular flexibility index (Phi) is 4.92. The van der Waals surface area contributed by atoms with Crippen LogP contribution in [0.15, 0.2) is 107 Å². The number of hydrogen-bond donors (Lipinski definition) is 0. The van der Waals surface area contributed by atoms with Gasteiger partial charge in [-0.25, -0.2) is 8.42 Å². The van der Waals surface area contributed by atoms with E-state index in [0.717, 1.165) is 11.1 Å². The molecule has 1 unspecified atom stereocenters. The Bertz CT molecular complexity index is 1080. The summed E-state index contributed by atoms with van der Waals surface area (Å²) in [4.78, 5) is 0.271. The summed E-state index contributed by atoms with van der Waals surface area (Å²) in [6.45, 7) is 2.10. The van der Waals surface area contributed by atoms with E-state index in [0.29, 0.717) is 11.4 Å². The SMILES string of the molecule is Cc1ccc(S(=O)(=O)N2C(COc3ccccc3)=CC=C3C=CC=CC32)cc1. The molecule has 0 bridgehead atoms. The third kappa shape index (κ3) is 3.53. The second-order valence-electron chi connectivity index (χ2n) is 6.73. The van der Waals surface area contributed by atoms with Crippen LogP contribution in [0.3, 0.4) is 0 Å². The van der Waals surface area contributed by atoms with Crippen molar-refractivity contribution in [2.75, 3.05) is 6.61 Å². The molecule has 2 aromatic carbocycles. The van der Waals surface area contributed by atoms with Crippen molar-refractivity contribution < 1.29 is 13.2 Å². The number of ether oxygens (including phenoxy) is 1. The fourth-order valence-electron chi connectivity index (χ4n) is 3.27. The zero-order valence-corrected chi connectivity index (χ0v) is 16.3. The van der Waals surface area contributed by atoms with Crippen molar-refractivity contribution in [2.24, 2.45) is 0 Å². The smallest absolute Gasteiger partial charge is 0.265 e. The number of rotatable bonds is 5. The van der Waals surface area contributed by atoms with Gasteiger partial charge in [-0.05, 0) is 42.8 Å². The monoisotopic (exact) mass is 391 g/mol. The largest absolute Gasteiger partial charge is 0.487 e. The highest BCUT2D eigenvalue weighted by Gasteiger charge is 2.35. The van der Waals surface area contributed by atoms with Crippen molar-refractivity contribution in [1.82, 2.24) is 4.31 Å². The van der Waals surface area contributed by atoms with Crippen LogP contribution in [0.1, 0.15) is 5.56 Å². The number of fused-ring (bicyclic) bond motifs is 1. The molecule has 2 aliphatic rings. The molecule has 4 nitrogen and oxygen atoms in total. The van der Waals surface area contributed by atoms with Crippen LogP contribution in [0.25, 0.3) is 0 Å². The molecule has 2 aromatic rings. The van der Waals surface area contributed by atoms with Crippen LogP contribution in [0.5, 0.6) is 5.75 Å². The molecule has 1 aliphatic carbocycles. The molecule has 5 heteroatoms. The normalized spacial score (nSPS) is 18.3. The summed E-state index contributed by atoms with van der Waals surface area (Å²) in [6, 6.07) is 15.9. The summed E-state index contributed by atoms with van der Waals surface area (Å²) in [6.07, 6.45) is 11.4. The first kappa shape index (κ1) is 18.3. The molecule has 0 amide bonds. The fraction of sp³-hybridized carbons (Fsp3) is 0.130. The van der Waals surface area contributed by atoms with E-state index in [1.54, 1.807) is 12.1 Å². The Morgan fingerprint density at radius 1 is 0.964 bits per heavy atom. The summed E-state index contributed by atoms with van der Waals surface area (Å²) < 4.78 is 34.4. The van der Waals surface area contributed by atoms with Crippen molar-refractivity contribution in [1.29, 1.82) is 0 Å². The van der Waals surface area contributed by atoms with Gasteiger partial charge in [0.2, 0.25) is 0 Å². The number of nitrogens with zero attached hydrogens (tertiary/aromatic N) is 1. The Labute approximate surface area is 165 Å².